The molecule has 3 heterocycles. The summed E-state index contributed by atoms with van der Waals surface area (Å²) in [5.41, 5.74) is 15.4. The summed E-state index contributed by atoms with van der Waals surface area (Å²) in [4.78, 5) is 7.39. The van der Waals surface area contributed by atoms with Crippen molar-refractivity contribution in [3.63, 3.8) is 0 Å². The van der Waals surface area contributed by atoms with Gasteiger partial charge in [0.2, 0.25) is 5.89 Å². The highest BCUT2D eigenvalue weighted by Gasteiger charge is 2.22. The molecule has 0 atom stereocenters. The number of aromatic nitrogens is 1. The number of furan rings is 2. The van der Waals surface area contributed by atoms with Crippen LogP contribution >= 0.6 is 0 Å². The summed E-state index contributed by atoms with van der Waals surface area (Å²) < 4.78 is 19.3. The van der Waals surface area contributed by atoms with Gasteiger partial charge in [-0.15, -0.1) is 0 Å². The second-order valence-corrected chi connectivity index (χ2v) is 15.1. The summed E-state index contributed by atoms with van der Waals surface area (Å²) in [7, 11) is 0. The minimum absolute atomic E-state index is 0.576. The predicted molar refractivity (Wildman–Crippen MR) is 245 cm³/mol. The van der Waals surface area contributed by atoms with Crippen LogP contribution in [-0.4, -0.2) is 4.98 Å². The van der Waals surface area contributed by atoms with E-state index in [0.717, 1.165) is 105 Å². The summed E-state index contributed by atoms with van der Waals surface area (Å²) in [5.74, 6) is 0.576. The van der Waals surface area contributed by atoms with E-state index in [2.05, 4.69) is 138 Å². The Kier molecular flexibility index (Phi) is 7.78. The standard InChI is InChI=1S/C55H34N2O3/c1-3-12-35(13-4-1)36-22-28-40(29-23-36)57(41-30-24-37(25-31-41)43-18-11-21-49-51(43)44-16-7-9-19-47(44)58-49)42-32-26-38(27-33-42)46-34-50-52(45-17-8-10-20-48(45)59-50)53-54(46)60-55(56-53)39-14-5-2-6-15-39/h1-34H. The van der Waals surface area contributed by atoms with E-state index in [-0.39, 0.29) is 0 Å². The molecular formula is C55H34N2O3. The summed E-state index contributed by atoms with van der Waals surface area (Å²) in [6, 6.07) is 71.5. The van der Waals surface area contributed by atoms with Gasteiger partial charge in [-0.1, -0.05) is 133 Å². The molecule has 0 aliphatic rings. The Hall–Kier alpha value is -8.15. The lowest BCUT2D eigenvalue weighted by atomic mass is 9.98. The lowest BCUT2D eigenvalue weighted by Gasteiger charge is -2.26. The summed E-state index contributed by atoms with van der Waals surface area (Å²) in [6.45, 7) is 0. The van der Waals surface area contributed by atoms with Gasteiger partial charge in [-0.05, 0) is 101 Å². The molecule has 0 fully saturated rings. The minimum atomic E-state index is 0.576. The van der Waals surface area contributed by atoms with E-state index in [4.69, 9.17) is 18.2 Å². The van der Waals surface area contributed by atoms with Gasteiger partial charge >= 0.3 is 0 Å². The summed E-state index contributed by atoms with van der Waals surface area (Å²) in [6.07, 6.45) is 0. The van der Waals surface area contributed by atoms with Crippen LogP contribution in [0.5, 0.6) is 0 Å². The van der Waals surface area contributed by atoms with Crippen LogP contribution in [-0.2, 0) is 0 Å². The van der Waals surface area contributed by atoms with Gasteiger partial charge < -0.3 is 18.2 Å². The van der Waals surface area contributed by atoms with Crippen molar-refractivity contribution < 1.29 is 13.3 Å². The third kappa shape index (κ3) is 5.59. The molecule has 0 aliphatic heterocycles. The van der Waals surface area contributed by atoms with Crippen LogP contribution in [0.1, 0.15) is 0 Å². The molecule has 5 nitrogen and oxygen atoms in total. The van der Waals surface area contributed by atoms with Crippen molar-refractivity contribution in [2.75, 3.05) is 4.90 Å². The molecule has 0 saturated heterocycles. The lowest BCUT2D eigenvalue weighted by molar-refractivity contribution is 0.620. The Morgan fingerprint density at radius 2 is 0.817 bits per heavy atom. The quantitative estimate of drug-likeness (QED) is 0.162. The van der Waals surface area contributed by atoms with E-state index in [1.165, 1.54) is 5.56 Å². The van der Waals surface area contributed by atoms with Crippen LogP contribution in [0, 0.1) is 0 Å². The number of rotatable bonds is 7. The molecule has 0 saturated carbocycles. The molecule has 0 aliphatic carbocycles. The molecule has 5 heteroatoms. The highest BCUT2D eigenvalue weighted by molar-refractivity contribution is 6.20. The lowest BCUT2D eigenvalue weighted by Crippen LogP contribution is -2.09. The van der Waals surface area contributed by atoms with Gasteiger partial charge in [0.15, 0.2) is 5.58 Å². The molecule has 0 radical (unpaired) electrons. The van der Waals surface area contributed by atoms with E-state index >= 15 is 0 Å². The Morgan fingerprint density at radius 1 is 0.333 bits per heavy atom. The Morgan fingerprint density at radius 3 is 1.45 bits per heavy atom. The minimum Gasteiger partial charge on any atom is -0.456 e. The number of nitrogens with zero attached hydrogens (tertiary/aromatic N) is 2. The first-order chi connectivity index (χ1) is 29.7. The molecule has 0 unspecified atom stereocenters. The molecule has 0 N–H and O–H groups in total. The molecule has 0 bridgehead atoms. The molecule has 3 aromatic heterocycles. The second kappa shape index (κ2) is 13.8. The van der Waals surface area contributed by atoms with Gasteiger partial charge in [0.1, 0.15) is 27.8 Å². The van der Waals surface area contributed by atoms with E-state index in [1.54, 1.807) is 0 Å². The van der Waals surface area contributed by atoms with Gasteiger partial charge in [-0.3, -0.25) is 0 Å². The monoisotopic (exact) mass is 770 g/mol. The van der Waals surface area contributed by atoms with Crippen LogP contribution in [0.3, 0.4) is 0 Å². The van der Waals surface area contributed by atoms with E-state index < -0.39 is 0 Å². The predicted octanol–water partition coefficient (Wildman–Crippen LogP) is 15.8. The van der Waals surface area contributed by atoms with E-state index in [9.17, 15) is 0 Å². The fourth-order valence-corrected chi connectivity index (χ4v) is 8.67. The van der Waals surface area contributed by atoms with Crippen molar-refractivity contribution in [2.24, 2.45) is 0 Å². The third-order valence-electron chi connectivity index (χ3n) is 11.5. The van der Waals surface area contributed by atoms with E-state index in [0.29, 0.717) is 5.89 Å². The van der Waals surface area contributed by atoms with E-state index in [1.807, 2.05) is 72.8 Å². The fraction of sp³-hybridized carbons (Fsp3) is 0. The Bertz CT molecular complexity index is 3510. The van der Waals surface area contributed by atoms with Crippen LogP contribution in [0.15, 0.2) is 220 Å². The van der Waals surface area contributed by atoms with Gasteiger partial charge in [0.05, 0.1) is 5.39 Å². The van der Waals surface area contributed by atoms with Gasteiger partial charge in [0.25, 0.3) is 0 Å². The topological polar surface area (TPSA) is 55.6 Å². The number of benzene rings is 9. The van der Waals surface area contributed by atoms with Crippen molar-refractivity contribution in [3.8, 4) is 44.8 Å². The Balaban J connectivity index is 0.977. The third-order valence-corrected chi connectivity index (χ3v) is 11.5. The highest BCUT2D eigenvalue weighted by atomic mass is 16.4. The van der Waals surface area contributed by atoms with Crippen LogP contribution in [0.2, 0.25) is 0 Å². The SMILES string of the molecule is c1ccc(-c2ccc(N(c3ccc(-c4cc5oc6ccccc6c5c5nc(-c6ccccc6)oc45)cc3)c3ccc(-c4cccc5oc6ccccc6c45)cc3)cc2)cc1. The van der Waals surface area contributed by atoms with Gasteiger partial charge in [-0.2, -0.15) is 0 Å². The molecule has 12 rings (SSSR count). The van der Waals surface area contributed by atoms with Crippen molar-refractivity contribution in [1.82, 2.24) is 4.98 Å². The maximum absolute atomic E-state index is 6.65. The highest BCUT2D eigenvalue weighted by Crippen LogP contribution is 2.44. The van der Waals surface area contributed by atoms with Crippen molar-refractivity contribution >= 4 is 72.0 Å². The second-order valence-electron chi connectivity index (χ2n) is 15.1. The van der Waals surface area contributed by atoms with Crippen LogP contribution in [0.25, 0.3) is 99.8 Å². The Labute approximate surface area is 345 Å². The summed E-state index contributed by atoms with van der Waals surface area (Å²) >= 11 is 0. The molecular weight excluding hydrogens is 737 g/mol. The maximum atomic E-state index is 6.65. The molecule has 9 aromatic carbocycles. The smallest absolute Gasteiger partial charge is 0.227 e. The number of hydrogen-bond donors (Lipinski definition) is 0. The average Bonchev–Trinajstić information content (AvgIpc) is 4.04. The van der Waals surface area contributed by atoms with Crippen molar-refractivity contribution in [1.29, 1.82) is 0 Å². The number of para-hydroxylation sites is 2. The summed E-state index contributed by atoms with van der Waals surface area (Å²) in [5, 5.41) is 4.22. The molecule has 60 heavy (non-hydrogen) atoms. The molecule has 282 valence electrons. The van der Waals surface area contributed by atoms with Gasteiger partial charge in [-0.25, -0.2) is 4.98 Å². The van der Waals surface area contributed by atoms with Gasteiger partial charge in [0, 0.05) is 44.3 Å². The first-order valence-electron chi connectivity index (χ1n) is 20.1. The fourth-order valence-electron chi connectivity index (χ4n) is 8.67. The molecule has 12 aromatic rings. The largest absolute Gasteiger partial charge is 0.456 e. The number of oxazole rings is 1. The van der Waals surface area contributed by atoms with Crippen LogP contribution in [0.4, 0.5) is 17.1 Å². The first-order valence-corrected chi connectivity index (χ1v) is 20.1. The van der Waals surface area contributed by atoms with Crippen molar-refractivity contribution in [2.45, 2.75) is 0 Å². The normalized spacial score (nSPS) is 11.7. The zero-order chi connectivity index (χ0) is 39.6. The molecule has 0 spiro atoms. The average molecular weight is 771 g/mol. The zero-order valence-electron chi connectivity index (χ0n) is 32.2. The number of fused-ring (bicyclic) bond motifs is 8. The maximum Gasteiger partial charge on any atom is 0.227 e. The zero-order valence-corrected chi connectivity index (χ0v) is 32.2. The van der Waals surface area contributed by atoms with Crippen molar-refractivity contribution in [3.05, 3.63) is 206 Å². The van der Waals surface area contributed by atoms with Crippen LogP contribution < -0.4 is 4.90 Å². The number of anilines is 3. The molecule has 0 amide bonds. The first kappa shape index (κ1) is 33.9. The number of hydrogen-bond acceptors (Lipinski definition) is 5.